The van der Waals surface area contributed by atoms with Gasteiger partial charge in [-0.15, -0.1) is 0 Å². The van der Waals surface area contributed by atoms with Gasteiger partial charge in [0.05, 0.1) is 0 Å². The maximum absolute atomic E-state index is 15.8. The van der Waals surface area contributed by atoms with E-state index >= 15 is 4.39 Å². The molecule has 0 bridgehead atoms. The molecule has 0 radical (unpaired) electrons. The molecule has 3 aromatic rings. The number of rotatable bonds is 5. The number of hydrogen-bond donors (Lipinski definition) is 1. The number of hydrogen-bond acceptors (Lipinski definition) is 4. The van der Waals surface area contributed by atoms with Gasteiger partial charge < -0.3 is 0 Å². The molecule has 0 spiro atoms. The van der Waals surface area contributed by atoms with Gasteiger partial charge in [0.25, 0.3) is 0 Å². The number of carbonyl (C=O) groups excluding carboxylic acids is 1. The zero-order chi connectivity index (χ0) is 32.8. The number of nitrogens with zero attached hydrogens (tertiary/aromatic N) is 2. The Morgan fingerprint density at radius 1 is 0.932 bits per heavy atom. The number of nitrogens with one attached hydrogen (secondary N) is 1. The monoisotopic (exact) mass is 697 g/mol. The number of benzene rings is 3. The molecule has 3 aromatic carbocycles. The van der Waals surface area contributed by atoms with Crippen LogP contribution in [0.3, 0.4) is 0 Å². The van der Waals surface area contributed by atoms with Crippen molar-refractivity contribution in [3.05, 3.63) is 87.1 Å². The van der Waals surface area contributed by atoms with E-state index < -0.39 is 69.5 Å². The summed E-state index contributed by atoms with van der Waals surface area (Å²) in [5.74, 6) is -2.89. The molecule has 5 nitrogen and oxygen atoms in total. The molecule has 0 aliphatic carbocycles. The van der Waals surface area contributed by atoms with Crippen molar-refractivity contribution in [2.45, 2.75) is 24.2 Å². The summed E-state index contributed by atoms with van der Waals surface area (Å²) in [6.45, 7) is -0.746. The molecule has 0 unspecified atom stereocenters. The van der Waals surface area contributed by atoms with Crippen LogP contribution >= 0.6 is 15.9 Å². The Labute approximate surface area is 248 Å². The van der Waals surface area contributed by atoms with Crippen LogP contribution in [0.1, 0.15) is 27.0 Å². The number of anilines is 2. The summed E-state index contributed by atoms with van der Waals surface area (Å²) >= 11 is 2.77. The Hall–Kier alpha value is -4.14. The number of fused-ring (bicyclic) bond motifs is 1. The molecule has 18 heteroatoms. The molecule has 1 N–H and O–H groups in total. The van der Waals surface area contributed by atoms with Gasteiger partial charge in [0.2, 0.25) is 0 Å². The van der Waals surface area contributed by atoms with Crippen molar-refractivity contribution in [1.82, 2.24) is 0 Å². The summed E-state index contributed by atoms with van der Waals surface area (Å²) in [5, 5.41) is 11.8. The normalized spacial score (nSPS) is 13.5. The average Bonchev–Trinajstić information content (AvgIpc) is 2.93. The van der Waals surface area contributed by atoms with E-state index in [2.05, 4.69) is 21.2 Å². The van der Waals surface area contributed by atoms with E-state index in [1.807, 2.05) is 0 Å². The molecule has 1 amide bonds. The van der Waals surface area contributed by atoms with Crippen LogP contribution < -0.4 is 14.9 Å². The first-order valence-corrected chi connectivity index (χ1v) is 12.6. The van der Waals surface area contributed by atoms with Crippen molar-refractivity contribution in [1.29, 1.82) is 5.26 Å². The third-order valence-electron chi connectivity index (χ3n) is 6.29. The van der Waals surface area contributed by atoms with E-state index in [4.69, 9.17) is 4.65 Å². The van der Waals surface area contributed by atoms with Crippen molar-refractivity contribution in [2.75, 3.05) is 16.8 Å². The number of halogens is 12. The Balaban J connectivity index is 1.70. The molecule has 1 aliphatic heterocycles. The van der Waals surface area contributed by atoms with Crippen LogP contribution in [0.4, 0.5) is 59.7 Å². The van der Waals surface area contributed by atoms with E-state index in [0.717, 1.165) is 24.3 Å². The zero-order valence-corrected chi connectivity index (χ0v) is 22.8. The Bertz CT molecular complexity index is 1670. The minimum atomic E-state index is -6.39. The van der Waals surface area contributed by atoms with E-state index in [0.29, 0.717) is 24.2 Å². The summed E-state index contributed by atoms with van der Waals surface area (Å²) in [7, 11) is 0.703. The summed E-state index contributed by atoms with van der Waals surface area (Å²) in [4.78, 5) is 13.7. The van der Waals surface area contributed by atoms with Gasteiger partial charge in [-0.3, -0.25) is 0 Å². The van der Waals surface area contributed by atoms with Crippen LogP contribution in [-0.2, 0) is 11.8 Å². The van der Waals surface area contributed by atoms with E-state index in [9.17, 15) is 54.0 Å². The fourth-order valence-electron chi connectivity index (χ4n) is 4.13. The van der Waals surface area contributed by atoms with E-state index in [1.54, 1.807) is 6.07 Å². The van der Waals surface area contributed by atoms with Crippen molar-refractivity contribution in [2.24, 2.45) is 0 Å². The minimum absolute atomic E-state index is 0.172. The van der Waals surface area contributed by atoms with Gasteiger partial charge in [0.1, 0.15) is 0 Å². The fraction of sp³-hybridized carbons (Fsp3) is 0.192. The molecule has 0 fully saturated rings. The molecule has 1 heterocycles. The van der Waals surface area contributed by atoms with Crippen LogP contribution in [-0.4, -0.2) is 37.5 Å². The van der Waals surface area contributed by atoms with E-state index in [1.165, 1.54) is 6.07 Å². The fourth-order valence-corrected chi connectivity index (χ4v) is 4.67. The van der Waals surface area contributed by atoms with Crippen LogP contribution in [0.2, 0.25) is 0 Å². The number of amides is 1. The molecule has 0 aromatic heterocycles. The molecule has 0 saturated heterocycles. The van der Waals surface area contributed by atoms with Crippen molar-refractivity contribution in [3.8, 4) is 11.8 Å². The SMILES string of the molecule is N#CCN(C(=O)c1ccc(C(F)(F)F)cc1)c1cccc(C2=BOc3cc(C(F)(C(F)(F)F)C(F)(F)F)cc(Br)c3N2)c1F. The van der Waals surface area contributed by atoms with Crippen LogP contribution in [0, 0.1) is 17.1 Å². The van der Waals surface area contributed by atoms with Crippen LogP contribution in [0.25, 0.3) is 0 Å². The second-order valence-corrected chi connectivity index (χ2v) is 9.88. The average molecular weight is 698 g/mol. The van der Waals surface area contributed by atoms with Crippen LogP contribution in [0.5, 0.6) is 5.75 Å². The van der Waals surface area contributed by atoms with Gasteiger partial charge in [-0.25, -0.2) is 0 Å². The molecule has 0 atom stereocenters. The molecule has 230 valence electrons. The predicted molar refractivity (Wildman–Crippen MR) is 138 cm³/mol. The van der Waals surface area contributed by atoms with Crippen molar-refractivity contribution in [3.63, 3.8) is 0 Å². The van der Waals surface area contributed by atoms with Gasteiger partial charge >= 0.3 is 249 Å². The molecule has 0 saturated carbocycles. The molecule has 44 heavy (non-hydrogen) atoms. The summed E-state index contributed by atoms with van der Waals surface area (Å²) in [6.07, 6.45) is -17.5. The van der Waals surface area contributed by atoms with Gasteiger partial charge in [0.15, 0.2) is 0 Å². The first kappa shape index (κ1) is 32.8. The van der Waals surface area contributed by atoms with Gasteiger partial charge in [-0.2, -0.15) is 0 Å². The third kappa shape index (κ3) is 5.84. The number of carbonyl (C=O) groups is 1. The van der Waals surface area contributed by atoms with E-state index in [-0.39, 0.29) is 34.5 Å². The Kier molecular flexibility index (Phi) is 8.50. The molecule has 4 rings (SSSR count). The van der Waals surface area contributed by atoms with Gasteiger partial charge in [0, 0.05) is 0 Å². The Morgan fingerprint density at radius 3 is 2.09 bits per heavy atom. The molecule has 1 aliphatic rings. The molecular weight excluding hydrogens is 686 g/mol. The summed E-state index contributed by atoms with van der Waals surface area (Å²) < 4.78 is 153. The first-order chi connectivity index (χ1) is 20.3. The number of nitriles is 1. The summed E-state index contributed by atoms with van der Waals surface area (Å²) in [5.41, 5.74) is -10.4. The second kappa shape index (κ2) is 11.4. The third-order valence-corrected chi connectivity index (χ3v) is 6.91. The topological polar surface area (TPSA) is 65.4 Å². The zero-order valence-electron chi connectivity index (χ0n) is 21.2. The first-order valence-electron chi connectivity index (χ1n) is 11.8. The Morgan fingerprint density at radius 2 is 1.55 bits per heavy atom. The number of alkyl halides is 10. The van der Waals surface area contributed by atoms with Gasteiger partial charge in [-0.1, -0.05) is 0 Å². The predicted octanol–water partition coefficient (Wildman–Crippen LogP) is 7.67. The van der Waals surface area contributed by atoms with Gasteiger partial charge in [-0.05, 0) is 0 Å². The molecular formula is C26H12BBrF11N3O2. The standard InChI is InChI=1S/C26H12BBrF11N3O2/c28-16-10-14(23(30,25(34,35)36)26(37,38)39)11-18-20(16)41-21(27-44-18)15-2-1-3-17(19(15)29)42(9-8-40)22(43)12-4-6-13(7-5-12)24(31,32)33/h1-7,10-11,41H,9H2. The quantitative estimate of drug-likeness (QED) is 0.169. The van der Waals surface area contributed by atoms with Crippen LogP contribution in [0.15, 0.2) is 59.1 Å². The van der Waals surface area contributed by atoms with Crippen molar-refractivity contribution < 1.29 is 57.7 Å². The maximum atomic E-state index is 15.8. The van der Waals surface area contributed by atoms with Crippen molar-refractivity contribution >= 4 is 45.9 Å². The summed E-state index contributed by atoms with van der Waals surface area (Å²) in [6, 6.07) is 8.39. The second-order valence-electron chi connectivity index (χ2n) is 9.02.